The lowest BCUT2D eigenvalue weighted by Crippen LogP contribution is -2.26. The molecule has 0 bridgehead atoms. The molecule has 3 aromatic rings. The largest absolute Gasteiger partial charge is 0.496 e. The highest BCUT2D eigenvalue weighted by Crippen LogP contribution is 2.27. The molecule has 0 unspecified atom stereocenters. The van der Waals surface area contributed by atoms with Gasteiger partial charge >= 0.3 is 0 Å². The summed E-state index contributed by atoms with van der Waals surface area (Å²) in [7, 11) is 1.62. The fourth-order valence-corrected chi connectivity index (χ4v) is 2.53. The Morgan fingerprint density at radius 2 is 2.08 bits per heavy atom. The van der Waals surface area contributed by atoms with Gasteiger partial charge in [-0.25, -0.2) is 0 Å². The minimum absolute atomic E-state index is 0.161. The fourth-order valence-electron chi connectivity index (χ4n) is 2.53. The van der Waals surface area contributed by atoms with E-state index in [2.05, 4.69) is 20.6 Å². The molecule has 0 aliphatic carbocycles. The van der Waals surface area contributed by atoms with Crippen molar-refractivity contribution in [1.29, 1.82) is 0 Å². The maximum Gasteiger partial charge on any atom is 0.200 e. The number of anilines is 1. The molecule has 8 nitrogen and oxygen atoms in total. The first-order chi connectivity index (χ1) is 12.1. The number of methoxy groups -OCH3 is 1. The van der Waals surface area contributed by atoms with E-state index in [1.165, 1.54) is 0 Å². The molecule has 0 fully saturated rings. The van der Waals surface area contributed by atoms with Gasteiger partial charge < -0.3 is 19.9 Å². The van der Waals surface area contributed by atoms with Crippen molar-refractivity contribution in [3.8, 4) is 11.5 Å². The second-order valence-electron chi connectivity index (χ2n) is 5.73. The van der Waals surface area contributed by atoms with Gasteiger partial charge in [0.15, 0.2) is 0 Å². The monoisotopic (exact) mass is 343 g/mol. The van der Waals surface area contributed by atoms with E-state index in [0.717, 1.165) is 22.7 Å². The summed E-state index contributed by atoms with van der Waals surface area (Å²) in [4.78, 5) is 0. The van der Waals surface area contributed by atoms with Crippen LogP contribution >= 0.6 is 0 Å². The molecule has 0 saturated heterocycles. The molecule has 2 heterocycles. The standard InChI is InChI=1S/C17H21N5O3/c1-11-7-14(17-20-19-10-22(17)21-11)18-8-13(23)9-25-16-6-4-5-15(24-3)12(16)2/h4-7,10,13,18,23H,8-9H2,1-3H3/t13-/m1/s1. The molecule has 0 saturated carbocycles. The number of aliphatic hydroxyl groups is 1. The van der Waals surface area contributed by atoms with E-state index in [-0.39, 0.29) is 6.61 Å². The molecule has 0 aliphatic rings. The number of rotatable bonds is 7. The number of ether oxygens (including phenoxy) is 2. The molecule has 0 radical (unpaired) electrons. The minimum Gasteiger partial charge on any atom is -0.496 e. The van der Waals surface area contributed by atoms with E-state index >= 15 is 0 Å². The number of aliphatic hydroxyl groups excluding tert-OH is 1. The van der Waals surface area contributed by atoms with Crippen molar-refractivity contribution in [2.45, 2.75) is 20.0 Å². The predicted molar refractivity (Wildman–Crippen MR) is 93.2 cm³/mol. The van der Waals surface area contributed by atoms with E-state index in [4.69, 9.17) is 9.47 Å². The van der Waals surface area contributed by atoms with Crippen molar-refractivity contribution in [2.24, 2.45) is 0 Å². The van der Waals surface area contributed by atoms with E-state index in [0.29, 0.717) is 17.9 Å². The predicted octanol–water partition coefficient (Wildman–Crippen LogP) is 1.60. The van der Waals surface area contributed by atoms with Crippen LogP contribution in [0.25, 0.3) is 5.65 Å². The number of hydrogen-bond donors (Lipinski definition) is 2. The molecular weight excluding hydrogens is 322 g/mol. The quantitative estimate of drug-likeness (QED) is 0.673. The molecule has 1 atom stereocenters. The smallest absolute Gasteiger partial charge is 0.200 e. The van der Waals surface area contributed by atoms with Crippen molar-refractivity contribution < 1.29 is 14.6 Å². The van der Waals surface area contributed by atoms with Crippen LogP contribution in [0.5, 0.6) is 11.5 Å². The van der Waals surface area contributed by atoms with Gasteiger partial charge in [-0.2, -0.15) is 9.61 Å². The summed E-state index contributed by atoms with van der Waals surface area (Å²) < 4.78 is 12.6. The zero-order valence-corrected chi connectivity index (χ0v) is 14.4. The highest BCUT2D eigenvalue weighted by molar-refractivity contribution is 5.66. The molecule has 25 heavy (non-hydrogen) atoms. The first-order valence-electron chi connectivity index (χ1n) is 7.94. The van der Waals surface area contributed by atoms with Crippen LogP contribution in [-0.2, 0) is 0 Å². The Hall–Kier alpha value is -2.87. The summed E-state index contributed by atoms with van der Waals surface area (Å²) in [5, 5.41) is 25.5. The fraction of sp³-hybridized carbons (Fsp3) is 0.353. The summed E-state index contributed by atoms with van der Waals surface area (Å²) in [5.41, 5.74) is 3.11. The molecule has 2 aromatic heterocycles. The third-order valence-electron chi connectivity index (χ3n) is 3.80. The zero-order valence-electron chi connectivity index (χ0n) is 14.4. The Balaban J connectivity index is 1.60. The van der Waals surface area contributed by atoms with E-state index in [1.807, 2.05) is 38.1 Å². The van der Waals surface area contributed by atoms with Crippen molar-refractivity contribution in [3.63, 3.8) is 0 Å². The summed E-state index contributed by atoms with van der Waals surface area (Å²) in [5.74, 6) is 1.45. The van der Waals surface area contributed by atoms with Gasteiger partial charge in [0.25, 0.3) is 0 Å². The van der Waals surface area contributed by atoms with Crippen LogP contribution in [0.1, 0.15) is 11.3 Å². The summed E-state index contributed by atoms with van der Waals surface area (Å²) in [6.45, 7) is 4.28. The summed E-state index contributed by atoms with van der Waals surface area (Å²) in [6.07, 6.45) is 0.848. The van der Waals surface area contributed by atoms with Crippen molar-refractivity contribution >= 4 is 11.3 Å². The molecule has 132 valence electrons. The molecular formula is C17H21N5O3. The number of benzene rings is 1. The number of aromatic nitrogens is 4. The number of hydrogen-bond acceptors (Lipinski definition) is 7. The zero-order chi connectivity index (χ0) is 17.8. The number of nitrogens with zero attached hydrogens (tertiary/aromatic N) is 4. The molecule has 0 aliphatic heterocycles. The number of nitrogens with one attached hydrogen (secondary N) is 1. The molecule has 1 aromatic carbocycles. The number of fused-ring (bicyclic) bond motifs is 1. The van der Waals surface area contributed by atoms with Crippen LogP contribution in [0.15, 0.2) is 30.6 Å². The Bertz CT molecular complexity index is 865. The molecule has 2 N–H and O–H groups in total. The van der Waals surface area contributed by atoms with Gasteiger partial charge in [0.2, 0.25) is 5.65 Å². The minimum atomic E-state index is -0.693. The first-order valence-corrected chi connectivity index (χ1v) is 7.94. The van der Waals surface area contributed by atoms with E-state index < -0.39 is 6.10 Å². The van der Waals surface area contributed by atoms with Crippen LogP contribution in [0, 0.1) is 13.8 Å². The van der Waals surface area contributed by atoms with Gasteiger partial charge in [-0.1, -0.05) is 6.07 Å². The lowest BCUT2D eigenvalue weighted by Gasteiger charge is -2.16. The highest BCUT2D eigenvalue weighted by atomic mass is 16.5. The SMILES string of the molecule is COc1cccc(OC[C@H](O)CNc2cc(C)nn3cnnc23)c1C. The van der Waals surface area contributed by atoms with Gasteiger partial charge in [-0.3, -0.25) is 0 Å². The lowest BCUT2D eigenvalue weighted by atomic mass is 10.2. The van der Waals surface area contributed by atoms with Gasteiger partial charge in [-0.05, 0) is 32.0 Å². The second kappa shape index (κ2) is 7.35. The Morgan fingerprint density at radius 3 is 2.88 bits per heavy atom. The molecule has 3 rings (SSSR count). The molecule has 0 amide bonds. The topological polar surface area (TPSA) is 93.8 Å². The van der Waals surface area contributed by atoms with Gasteiger partial charge in [-0.15, -0.1) is 10.2 Å². The summed E-state index contributed by atoms with van der Waals surface area (Å²) in [6, 6.07) is 7.44. The van der Waals surface area contributed by atoms with Crippen LogP contribution in [0.3, 0.4) is 0 Å². The highest BCUT2D eigenvalue weighted by Gasteiger charge is 2.11. The third kappa shape index (κ3) is 3.80. The number of aryl methyl sites for hydroxylation is 1. The van der Waals surface area contributed by atoms with Crippen LogP contribution < -0.4 is 14.8 Å². The Kier molecular flexibility index (Phi) is 4.99. The lowest BCUT2D eigenvalue weighted by molar-refractivity contribution is 0.117. The van der Waals surface area contributed by atoms with Gasteiger partial charge in [0.05, 0.1) is 18.5 Å². The second-order valence-corrected chi connectivity index (χ2v) is 5.73. The van der Waals surface area contributed by atoms with Gasteiger partial charge in [0.1, 0.15) is 30.5 Å². The summed E-state index contributed by atoms with van der Waals surface area (Å²) >= 11 is 0. The van der Waals surface area contributed by atoms with Gasteiger partial charge in [0, 0.05) is 12.1 Å². The van der Waals surface area contributed by atoms with Crippen molar-refractivity contribution in [2.75, 3.05) is 25.6 Å². The van der Waals surface area contributed by atoms with Crippen LogP contribution in [0.4, 0.5) is 5.69 Å². The average Bonchev–Trinajstić information content (AvgIpc) is 3.07. The van der Waals surface area contributed by atoms with Crippen LogP contribution in [0.2, 0.25) is 0 Å². The van der Waals surface area contributed by atoms with Crippen LogP contribution in [-0.4, -0.2) is 51.3 Å². The normalized spacial score (nSPS) is 12.2. The third-order valence-corrected chi connectivity index (χ3v) is 3.80. The Morgan fingerprint density at radius 1 is 1.28 bits per heavy atom. The molecule has 0 spiro atoms. The molecule has 8 heteroatoms. The first kappa shape index (κ1) is 17.0. The van der Waals surface area contributed by atoms with E-state index in [9.17, 15) is 5.11 Å². The maximum absolute atomic E-state index is 10.2. The van der Waals surface area contributed by atoms with Crippen molar-refractivity contribution in [3.05, 3.63) is 41.9 Å². The van der Waals surface area contributed by atoms with Crippen molar-refractivity contribution in [1.82, 2.24) is 19.8 Å². The van der Waals surface area contributed by atoms with E-state index in [1.54, 1.807) is 18.0 Å². The Labute approximate surface area is 145 Å². The maximum atomic E-state index is 10.2. The average molecular weight is 343 g/mol.